The zero-order chi connectivity index (χ0) is 13.2. The Morgan fingerprint density at radius 3 is 2.47 bits per heavy atom. The standard InChI is InChI=1S/C17H17NO/c1-2-13-7-5-9-15-14(13)8-6-10-16(15)17(19)18-11-3-4-12-18/h2,5-10H,1,3-4,11-12H2. The summed E-state index contributed by atoms with van der Waals surface area (Å²) in [5.41, 5.74) is 1.89. The van der Waals surface area contributed by atoms with Gasteiger partial charge in [-0.1, -0.05) is 43.0 Å². The first kappa shape index (κ1) is 12.0. The maximum atomic E-state index is 12.6. The molecule has 2 nitrogen and oxygen atoms in total. The summed E-state index contributed by atoms with van der Waals surface area (Å²) in [5, 5.41) is 2.12. The van der Waals surface area contributed by atoms with Crippen molar-refractivity contribution in [1.82, 2.24) is 4.90 Å². The van der Waals surface area contributed by atoms with E-state index in [-0.39, 0.29) is 5.91 Å². The molecule has 1 aliphatic rings. The first-order chi connectivity index (χ1) is 9.31. The van der Waals surface area contributed by atoms with Gasteiger partial charge in [0.25, 0.3) is 5.91 Å². The summed E-state index contributed by atoms with van der Waals surface area (Å²) in [6, 6.07) is 12.0. The SMILES string of the molecule is C=Cc1cccc2c(C(=O)N3CCCC3)cccc12. The van der Waals surface area contributed by atoms with Crippen LogP contribution in [-0.2, 0) is 0 Å². The molecule has 2 aromatic rings. The van der Waals surface area contributed by atoms with Crippen molar-refractivity contribution in [2.24, 2.45) is 0 Å². The zero-order valence-corrected chi connectivity index (χ0v) is 10.9. The third-order valence-corrected chi connectivity index (χ3v) is 3.80. The predicted molar refractivity (Wildman–Crippen MR) is 79.2 cm³/mol. The Kier molecular flexibility index (Phi) is 3.08. The summed E-state index contributed by atoms with van der Waals surface area (Å²) in [6.45, 7) is 5.61. The van der Waals surface area contributed by atoms with Gasteiger partial charge in [0.1, 0.15) is 0 Å². The molecular formula is C17H17NO. The summed E-state index contributed by atoms with van der Waals surface area (Å²) in [6.07, 6.45) is 4.08. The average molecular weight is 251 g/mol. The summed E-state index contributed by atoms with van der Waals surface area (Å²) in [5.74, 6) is 0.157. The number of carbonyl (C=O) groups is 1. The fourth-order valence-electron chi connectivity index (χ4n) is 2.79. The van der Waals surface area contributed by atoms with Crippen LogP contribution in [0.5, 0.6) is 0 Å². The minimum Gasteiger partial charge on any atom is -0.339 e. The second-order valence-electron chi connectivity index (χ2n) is 4.95. The van der Waals surface area contributed by atoms with Crippen LogP contribution in [0, 0.1) is 0 Å². The number of likely N-dealkylation sites (tertiary alicyclic amines) is 1. The van der Waals surface area contributed by atoms with E-state index in [1.54, 1.807) is 0 Å². The summed E-state index contributed by atoms with van der Waals surface area (Å²) in [4.78, 5) is 14.5. The van der Waals surface area contributed by atoms with Gasteiger partial charge >= 0.3 is 0 Å². The van der Waals surface area contributed by atoms with Crippen LogP contribution in [-0.4, -0.2) is 23.9 Å². The molecule has 1 aliphatic heterocycles. The number of hydrogen-bond donors (Lipinski definition) is 0. The van der Waals surface area contributed by atoms with Gasteiger partial charge in [-0.05, 0) is 35.2 Å². The van der Waals surface area contributed by atoms with Crippen molar-refractivity contribution >= 4 is 22.8 Å². The number of benzene rings is 2. The maximum absolute atomic E-state index is 12.6. The summed E-state index contributed by atoms with van der Waals surface area (Å²) in [7, 11) is 0. The molecule has 0 aliphatic carbocycles. The molecule has 0 aromatic heterocycles. The highest BCUT2D eigenvalue weighted by molar-refractivity contribution is 6.08. The lowest BCUT2D eigenvalue weighted by Gasteiger charge is -2.17. The Balaban J connectivity index is 2.13. The molecule has 0 radical (unpaired) electrons. The molecule has 2 aromatic carbocycles. The third-order valence-electron chi connectivity index (χ3n) is 3.80. The third kappa shape index (κ3) is 2.03. The van der Waals surface area contributed by atoms with E-state index in [0.29, 0.717) is 0 Å². The van der Waals surface area contributed by atoms with E-state index >= 15 is 0 Å². The molecule has 0 atom stereocenters. The molecule has 1 amide bonds. The van der Waals surface area contributed by atoms with Crippen molar-refractivity contribution in [1.29, 1.82) is 0 Å². The van der Waals surface area contributed by atoms with E-state index in [1.807, 2.05) is 47.4 Å². The summed E-state index contributed by atoms with van der Waals surface area (Å²) >= 11 is 0. The number of hydrogen-bond acceptors (Lipinski definition) is 1. The first-order valence-corrected chi connectivity index (χ1v) is 6.75. The van der Waals surface area contributed by atoms with Crippen LogP contribution >= 0.6 is 0 Å². The Morgan fingerprint density at radius 1 is 1.05 bits per heavy atom. The molecule has 0 unspecified atom stereocenters. The molecule has 0 N–H and O–H groups in total. The predicted octanol–water partition coefficient (Wildman–Crippen LogP) is 3.72. The van der Waals surface area contributed by atoms with Crippen LogP contribution in [0.3, 0.4) is 0 Å². The molecule has 3 rings (SSSR count). The molecule has 1 fully saturated rings. The smallest absolute Gasteiger partial charge is 0.254 e. The minimum atomic E-state index is 0.157. The number of amides is 1. The zero-order valence-electron chi connectivity index (χ0n) is 10.9. The Morgan fingerprint density at radius 2 is 1.74 bits per heavy atom. The van der Waals surface area contributed by atoms with E-state index in [4.69, 9.17) is 0 Å². The molecule has 1 saturated heterocycles. The second kappa shape index (κ2) is 4.88. The molecule has 19 heavy (non-hydrogen) atoms. The van der Waals surface area contributed by atoms with Crippen molar-refractivity contribution in [3.63, 3.8) is 0 Å². The van der Waals surface area contributed by atoms with Gasteiger partial charge in [0.15, 0.2) is 0 Å². The molecule has 1 heterocycles. The van der Waals surface area contributed by atoms with Crippen LogP contribution in [0.15, 0.2) is 43.0 Å². The van der Waals surface area contributed by atoms with Crippen LogP contribution in [0.2, 0.25) is 0 Å². The minimum absolute atomic E-state index is 0.157. The van der Waals surface area contributed by atoms with Gasteiger partial charge in [-0.3, -0.25) is 4.79 Å². The van der Waals surface area contributed by atoms with Gasteiger partial charge in [0.2, 0.25) is 0 Å². The molecule has 96 valence electrons. The number of rotatable bonds is 2. The quantitative estimate of drug-likeness (QED) is 0.796. The van der Waals surface area contributed by atoms with E-state index in [9.17, 15) is 4.79 Å². The molecule has 2 heteroatoms. The Labute approximate surface area is 113 Å². The van der Waals surface area contributed by atoms with E-state index in [1.165, 1.54) is 0 Å². The van der Waals surface area contributed by atoms with Crippen molar-refractivity contribution in [2.45, 2.75) is 12.8 Å². The van der Waals surface area contributed by atoms with E-state index < -0.39 is 0 Å². The number of carbonyl (C=O) groups excluding carboxylic acids is 1. The van der Waals surface area contributed by atoms with Crippen molar-refractivity contribution in [2.75, 3.05) is 13.1 Å². The molecule has 0 saturated carbocycles. The van der Waals surface area contributed by atoms with E-state index in [2.05, 4.69) is 6.58 Å². The first-order valence-electron chi connectivity index (χ1n) is 6.75. The number of fused-ring (bicyclic) bond motifs is 1. The van der Waals surface area contributed by atoms with Crippen LogP contribution < -0.4 is 0 Å². The van der Waals surface area contributed by atoms with Crippen molar-refractivity contribution < 1.29 is 4.79 Å². The molecule has 0 spiro atoms. The highest BCUT2D eigenvalue weighted by atomic mass is 16.2. The van der Waals surface area contributed by atoms with Crippen LogP contribution in [0.1, 0.15) is 28.8 Å². The highest BCUT2D eigenvalue weighted by Gasteiger charge is 2.21. The van der Waals surface area contributed by atoms with Gasteiger partial charge in [-0.2, -0.15) is 0 Å². The Bertz CT molecular complexity index is 639. The van der Waals surface area contributed by atoms with Gasteiger partial charge in [-0.15, -0.1) is 0 Å². The highest BCUT2D eigenvalue weighted by Crippen LogP contribution is 2.25. The largest absolute Gasteiger partial charge is 0.339 e. The topological polar surface area (TPSA) is 20.3 Å². The van der Waals surface area contributed by atoms with Crippen molar-refractivity contribution in [3.8, 4) is 0 Å². The van der Waals surface area contributed by atoms with Gasteiger partial charge in [0.05, 0.1) is 0 Å². The average Bonchev–Trinajstić information content (AvgIpc) is 2.99. The molecular weight excluding hydrogens is 234 g/mol. The van der Waals surface area contributed by atoms with Gasteiger partial charge in [0, 0.05) is 18.7 Å². The normalized spacial score (nSPS) is 14.8. The fraction of sp³-hybridized carbons (Fsp3) is 0.235. The van der Waals surface area contributed by atoms with E-state index in [0.717, 1.165) is 47.8 Å². The van der Waals surface area contributed by atoms with Gasteiger partial charge < -0.3 is 4.90 Å². The lowest BCUT2D eigenvalue weighted by Crippen LogP contribution is -2.27. The van der Waals surface area contributed by atoms with Gasteiger partial charge in [-0.25, -0.2) is 0 Å². The van der Waals surface area contributed by atoms with Crippen molar-refractivity contribution in [3.05, 3.63) is 54.1 Å². The monoisotopic (exact) mass is 251 g/mol. The maximum Gasteiger partial charge on any atom is 0.254 e. The fourth-order valence-corrected chi connectivity index (χ4v) is 2.79. The lowest BCUT2D eigenvalue weighted by molar-refractivity contribution is 0.0795. The second-order valence-corrected chi connectivity index (χ2v) is 4.95. The van der Waals surface area contributed by atoms with Crippen LogP contribution in [0.4, 0.5) is 0 Å². The lowest BCUT2D eigenvalue weighted by atomic mass is 9.99. The summed E-state index contributed by atoms with van der Waals surface area (Å²) < 4.78 is 0. The van der Waals surface area contributed by atoms with Crippen LogP contribution in [0.25, 0.3) is 16.8 Å². The number of nitrogens with zero attached hydrogens (tertiary/aromatic N) is 1. The Hall–Kier alpha value is -2.09. The molecule has 0 bridgehead atoms.